The molecule has 1 amide bonds. The Morgan fingerprint density at radius 3 is 3.00 bits per heavy atom. The first-order valence-corrected chi connectivity index (χ1v) is 6.54. The summed E-state index contributed by atoms with van der Waals surface area (Å²) in [4.78, 5) is 19.6. The van der Waals surface area contributed by atoms with Crippen molar-refractivity contribution in [2.75, 3.05) is 25.0 Å². The van der Waals surface area contributed by atoms with E-state index in [4.69, 9.17) is 0 Å². The van der Waals surface area contributed by atoms with Crippen LogP contribution in [0.4, 0.5) is 5.69 Å². The van der Waals surface area contributed by atoms with E-state index >= 15 is 0 Å². The summed E-state index contributed by atoms with van der Waals surface area (Å²) in [5.41, 5.74) is 0.967. The van der Waals surface area contributed by atoms with E-state index in [1.165, 1.54) is 0 Å². The predicted molar refractivity (Wildman–Crippen MR) is 76.2 cm³/mol. The van der Waals surface area contributed by atoms with Crippen molar-refractivity contribution in [1.82, 2.24) is 9.88 Å². The van der Waals surface area contributed by atoms with E-state index in [1.54, 1.807) is 6.20 Å². The van der Waals surface area contributed by atoms with Crippen LogP contribution < -0.4 is 4.90 Å². The number of amides is 1. The van der Waals surface area contributed by atoms with Crippen molar-refractivity contribution in [2.24, 2.45) is 0 Å². The molecular weight excluding hydrogens is 238 g/mol. The number of likely N-dealkylation sites (N-methyl/N-ethyl adjacent to an activating group) is 1. The van der Waals surface area contributed by atoms with Gasteiger partial charge in [0.2, 0.25) is 6.41 Å². The molecule has 2 aromatic rings. The van der Waals surface area contributed by atoms with Gasteiger partial charge in [0.1, 0.15) is 0 Å². The van der Waals surface area contributed by atoms with Crippen LogP contribution in [0.3, 0.4) is 0 Å². The molecule has 19 heavy (non-hydrogen) atoms. The summed E-state index contributed by atoms with van der Waals surface area (Å²) in [7, 11) is 2.09. The number of carbonyl (C=O) groups excluding carboxylic acids is 1. The van der Waals surface area contributed by atoms with Crippen LogP contribution in [0.5, 0.6) is 0 Å². The molecule has 1 fully saturated rings. The molecule has 0 spiro atoms. The summed E-state index contributed by atoms with van der Waals surface area (Å²) < 4.78 is 0. The molecule has 0 bridgehead atoms. The molecule has 1 aliphatic rings. The molecule has 1 saturated heterocycles. The Hall–Kier alpha value is -1.94. The first-order chi connectivity index (χ1) is 9.28. The highest BCUT2D eigenvalue weighted by molar-refractivity contribution is 5.88. The van der Waals surface area contributed by atoms with Crippen LogP contribution >= 0.6 is 0 Å². The van der Waals surface area contributed by atoms with E-state index in [2.05, 4.69) is 23.0 Å². The Labute approximate surface area is 112 Å². The summed E-state index contributed by atoms with van der Waals surface area (Å²) in [6, 6.07) is 8.33. The Bertz CT molecular complexity index is 599. The normalized spacial score (nSPS) is 19.7. The summed E-state index contributed by atoms with van der Waals surface area (Å²) >= 11 is 0. The second-order valence-corrected chi connectivity index (χ2v) is 5.12. The minimum Gasteiger partial charge on any atom is -0.311 e. The van der Waals surface area contributed by atoms with Crippen molar-refractivity contribution in [3.8, 4) is 0 Å². The zero-order valence-corrected chi connectivity index (χ0v) is 11.0. The molecule has 1 aromatic heterocycles. The van der Waals surface area contributed by atoms with Gasteiger partial charge in [-0.05, 0) is 43.6 Å². The Balaban J connectivity index is 1.94. The maximum absolute atomic E-state index is 11.4. The third-order valence-electron chi connectivity index (χ3n) is 3.80. The lowest BCUT2D eigenvalue weighted by Crippen LogP contribution is -2.36. The molecule has 98 valence electrons. The van der Waals surface area contributed by atoms with Gasteiger partial charge in [0.25, 0.3) is 0 Å². The lowest BCUT2D eigenvalue weighted by atomic mass is 10.1. The highest BCUT2D eigenvalue weighted by Gasteiger charge is 2.25. The molecule has 1 atom stereocenters. The van der Waals surface area contributed by atoms with Gasteiger partial charge in [-0.15, -0.1) is 0 Å². The first kappa shape index (κ1) is 12.1. The standard InChI is InChI=1S/C15H17N3O/c1-17-7-5-15(10-17)18(11-19)14-3-2-13-9-16-6-4-12(13)8-14/h2-4,6,8-9,11,15H,5,7,10H2,1H3. The van der Waals surface area contributed by atoms with Gasteiger partial charge in [-0.25, -0.2) is 0 Å². The van der Waals surface area contributed by atoms with Crippen molar-refractivity contribution >= 4 is 22.9 Å². The number of benzene rings is 1. The van der Waals surface area contributed by atoms with Gasteiger partial charge in [0, 0.05) is 30.0 Å². The fourth-order valence-electron chi connectivity index (χ4n) is 2.73. The van der Waals surface area contributed by atoms with Crippen molar-refractivity contribution < 1.29 is 4.79 Å². The number of rotatable bonds is 3. The van der Waals surface area contributed by atoms with Crippen LogP contribution in [0.1, 0.15) is 6.42 Å². The van der Waals surface area contributed by atoms with E-state index in [9.17, 15) is 4.79 Å². The second kappa shape index (κ2) is 4.97. The summed E-state index contributed by atoms with van der Waals surface area (Å²) in [6.45, 7) is 1.99. The molecule has 0 aliphatic carbocycles. The molecule has 0 radical (unpaired) electrons. The van der Waals surface area contributed by atoms with Crippen LogP contribution in [-0.4, -0.2) is 42.5 Å². The lowest BCUT2D eigenvalue weighted by molar-refractivity contribution is -0.107. The van der Waals surface area contributed by atoms with Crippen LogP contribution in [0.2, 0.25) is 0 Å². The van der Waals surface area contributed by atoms with Crippen molar-refractivity contribution in [3.05, 3.63) is 36.7 Å². The maximum Gasteiger partial charge on any atom is 0.214 e. The molecule has 1 aromatic carbocycles. The molecule has 1 aliphatic heterocycles. The number of hydrogen-bond acceptors (Lipinski definition) is 3. The minimum atomic E-state index is 0.279. The maximum atomic E-state index is 11.4. The average Bonchev–Trinajstić information content (AvgIpc) is 2.86. The molecule has 4 nitrogen and oxygen atoms in total. The lowest BCUT2D eigenvalue weighted by Gasteiger charge is -2.25. The SMILES string of the molecule is CN1CCC(N(C=O)c2ccc3cnccc3c2)C1. The van der Waals surface area contributed by atoms with Crippen molar-refractivity contribution in [2.45, 2.75) is 12.5 Å². The van der Waals surface area contributed by atoms with Gasteiger partial charge in [-0.2, -0.15) is 0 Å². The van der Waals surface area contributed by atoms with Crippen molar-refractivity contribution in [1.29, 1.82) is 0 Å². The van der Waals surface area contributed by atoms with Gasteiger partial charge in [-0.3, -0.25) is 9.78 Å². The quantitative estimate of drug-likeness (QED) is 0.786. The molecule has 1 unspecified atom stereocenters. The average molecular weight is 255 g/mol. The number of anilines is 1. The summed E-state index contributed by atoms with van der Waals surface area (Å²) in [6.07, 6.45) is 5.60. The number of pyridine rings is 1. The van der Waals surface area contributed by atoms with Crippen LogP contribution in [0.15, 0.2) is 36.7 Å². The number of nitrogens with zero attached hydrogens (tertiary/aromatic N) is 3. The number of aromatic nitrogens is 1. The predicted octanol–water partition coefficient (Wildman–Crippen LogP) is 1.90. The summed E-state index contributed by atoms with van der Waals surface area (Å²) in [5, 5.41) is 2.21. The molecule has 0 N–H and O–H groups in total. The number of carbonyl (C=O) groups is 1. The van der Waals surface area contributed by atoms with Gasteiger partial charge in [0.15, 0.2) is 0 Å². The fraction of sp³-hybridized carbons (Fsp3) is 0.333. The Morgan fingerprint density at radius 2 is 2.26 bits per heavy atom. The zero-order valence-electron chi connectivity index (χ0n) is 11.0. The topological polar surface area (TPSA) is 36.4 Å². The van der Waals surface area contributed by atoms with E-state index in [0.29, 0.717) is 0 Å². The smallest absolute Gasteiger partial charge is 0.214 e. The third-order valence-corrected chi connectivity index (χ3v) is 3.80. The molecule has 3 rings (SSSR count). The minimum absolute atomic E-state index is 0.279. The second-order valence-electron chi connectivity index (χ2n) is 5.12. The van der Waals surface area contributed by atoms with E-state index in [1.807, 2.05) is 29.3 Å². The van der Waals surface area contributed by atoms with Crippen LogP contribution in [0.25, 0.3) is 10.8 Å². The highest BCUT2D eigenvalue weighted by atomic mass is 16.1. The zero-order chi connectivity index (χ0) is 13.2. The van der Waals surface area contributed by atoms with Gasteiger partial charge >= 0.3 is 0 Å². The van der Waals surface area contributed by atoms with E-state index < -0.39 is 0 Å². The first-order valence-electron chi connectivity index (χ1n) is 6.54. The summed E-state index contributed by atoms with van der Waals surface area (Å²) in [5.74, 6) is 0. The Kier molecular flexibility index (Phi) is 3.17. The number of hydrogen-bond donors (Lipinski definition) is 0. The van der Waals surface area contributed by atoms with Crippen LogP contribution in [-0.2, 0) is 4.79 Å². The van der Waals surface area contributed by atoms with E-state index in [0.717, 1.165) is 42.4 Å². The third kappa shape index (κ3) is 2.31. The largest absolute Gasteiger partial charge is 0.311 e. The molecule has 4 heteroatoms. The molecule has 2 heterocycles. The van der Waals surface area contributed by atoms with E-state index in [-0.39, 0.29) is 6.04 Å². The Morgan fingerprint density at radius 1 is 1.37 bits per heavy atom. The van der Waals surface area contributed by atoms with Crippen LogP contribution in [0, 0.1) is 0 Å². The van der Waals surface area contributed by atoms with Gasteiger partial charge < -0.3 is 9.80 Å². The van der Waals surface area contributed by atoms with Gasteiger partial charge in [0.05, 0.1) is 6.04 Å². The monoisotopic (exact) mass is 255 g/mol. The number of likely N-dealkylation sites (tertiary alicyclic amines) is 1. The molecule has 0 saturated carbocycles. The highest BCUT2D eigenvalue weighted by Crippen LogP contribution is 2.25. The molecular formula is C15H17N3O. The van der Waals surface area contributed by atoms with Crippen molar-refractivity contribution in [3.63, 3.8) is 0 Å². The van der Waals surface area contributed by atoms with Gasteiger partial charge in [-0.1, -0.05) is 6.07 Å². The number of fused-ring (bicyclic) bond motifs is 1. The fourth-order valence-corrected chi connectivity index (χ4v) is 2.73.